The van der Waals surface area contributed by atoms with Crippen LogP contribution in [-0.4, -0.2) is 29.5 Å². The predicted octanol–water partition coefficient (Wildman–Crippen LogP) is 11.8. The molecule has 0 aliphatic heterocycles. The molecule has 0 atom stereocenters. The zero-order valence-electron chi connectivity index (χ0n) is 31.7. The van der Waals surface area contributed by atoms with Crippen molar-refractivity contribution in [3.8, 4) is 67.5 Å². The van der Waals surface area contributed by atoms with Crippen molar-refractivity contribution in [3.63, 3.8) is 0 Å². The van der Waals surface area contributed by atoms with Gasteiger partial charge in [-0.25, -0.2) is 19.3 Å². The molecule has 0 unspecified atom stereocenters. The quantitative estimate of drug-likeness (QED) is 0.166. The van der Waals surface area contributed by atoms with E-state index in [1.54, 1.807) is 0 Å². The average Bonchev–Trinajstić information content (AvgIpc) is 3.86. The van der Waals surface area contributed by atoms with Gasteiger partial charge in [0.2, 0.25) is 0 Å². The maximum absolute atomic E-state index is 5.22. The molecule has 2 aromatic heterocycles. The summed E-state index contributed by atoms with van der Waals surface area (Å²) >= 11 is 0. The molecule has 0 bridgehead atoms. The van der Waals surface area contributed by atoms with Gasteiger partial charge in [-0.1, -0.05) is 175 Å². The molecule has 0 radical (unpaired) electrons. The van der Waals surface area contributed by atoms with Crippen LogP contribution in [0, 0.1) is 0 Å². The van der Waals surface area contributed by atoms with Crippen molar-refractivity contribution in [1.82, 2.24) is 29.5 Å². The largest absolute Gasteiger partial charge is 0.213 e. The molecule has 8 aromatic rings. The molecule has 6 heteroatoms. The van der Waals surface area contributed by atoms with Gasteiger partial charge in [0.25, 0.3) is 0 Å². The third-order valence-electron chi connectivity index (χ3n) is 9.62. The van der Waals surface area contributed by atoms with Crippen LogP contribution in [0.2, 0.25) is 0 Å². The topological polar surface area (TPSA) is 61.4 Å². The summed E-state index contributed by atoms with van der Waals surface area (Å²) in [4.78, 5) is 10.4. The van der Waals surface area contributed by atoms with Gasteiger partial charge in [-0.3, -0.25) is 0 Å². The Kier molecular flexibility index (Phi) is 8.90. The number of benzene rings is 6. The first-order valence-electron chi connectivity index (χ1n) is 18.5. The molecular formula is C48H44N6. The molecule has 0 saturated heterocycles. The second kappa shape index (κ2) is 13.9. The molecule has 2 heterocycles. The first kappa shape index (κ1) is 34.7. The Bertz CT molecular complexity index is 2380. The van der Waals surface area contributed by atoms with Gasteiger partial charge in [-0.2, -0.15) is 10.2 Å². The lowest BCUT2D eigenvalue weighted by atomic mass is 9.86. The molecule has 0 fully saturated rings. The van der Waals surface area contributed by atoms with Gasteiger partial charge >= 0.3 is 0 Å². The zero-order chi connectivity index (χ0) is 37.5. The summed E-state index contributed by atoms with van der Waals surface area (Å²) in [6.45, 7) is 12.9. The number of rotatable bonds is 7. The molecule has 0 spiro atoms. The van der Waals surface area contributed by atoms with E-state index < -0.39 is 0 Å². The fourth-order valence-corrected chi connectivity index (χ4v) is 6.84. The number of hydrogen-bond donors (Lipinski definition) is 0. The van der Waals surface area contributed by atoms with Gasteiger partial charge in [0.15, 0.2) is 23.3 Å². The molecular weight excluding hydrogens is 661 g/mol. The van der Waals surface area contributed by atoms with Gasteiger partial charge in [-0.05, 0) is 57.6 Å². The predicted molar refractivity (Wildman–Crippen MR) is 221 cm³/mol. The molecule has 54 heavy (non-hydrogen) atoms. The second-order valence-corrected chi connectivity index (χ2v) is 15.7. The highest BCUT2D eigenvalue weighted by atomic mass is 15.4. The van der Waals surface area contributed by atoms with Crippen molar-refractivity contribution in [2.24, 2.45) is 0 Å². The van der Waals surface area contributed by atoms with E-state index in [1.807, 2.05) is 45.8 Å². The summed E-state index contributed by atoms with van der Waals surface area (Å²) in [7, 11) is 0. The highest BCUT2D eigenvalue weighted by Gasteiger charge is 2.27. The fourth-order valence-electron chi connectivity index (χ4n) is 6.84. The third kappa shape index (κ3) is 6.56. The van der Waals surface area contributed by atoms with Gasteiger partial charge in [-0.15, -0.1) is 0 Å². The Balaban J connectivity index is 1.32. The number of hydrogen-bond acceptors (Lipinski definition) is 4. The monoisotopic (exact) mass is 704 g/mol. The lowest BCUT2D eigenvalue weighted by molar-refractivity contribution is 0.543. The lowest BCUT2D eigenvalue weighted by Gasteiger charge is -2.18. The average molecular weight is 705 g/mol. The summed E-state index contributed by atoms with van der Waals surface area (Å²) in [5, 5.41) is 10.1. The van der Waals surface area contributed by atoms with Crippen LogP contribution in [0.25, 0.3) is 67.5 Å². The summed E-state index contributed by atoms with van der Waals surface area (Å²) in [6, 6.07) is 55.0. The van der Waals surface area contributed by atoms with Crippen LogP contribution in [0.4, 0.5) is 0 Å². The number of aromatic nitrogens is 6. The molecule has 0 amide bonds. The fraction of sp³-hybridized carbons (Fsp3) is 0.167. The van der Waals surface area contributed by atoms with Crippen molar-refractivity contribution < 1.29 is 0 Å². The lowest BCUT2D eigenvalue weighted by Crippen LogP contribution is -2.14. The van der Waals surface area contributed by atoms with Gasteiger partial charge in [0, 0.05) is 22.0 Å². The number of para-hydroxylation sites is 2. The normalized spacial score (nSPS) is 11.9. The van der Waals surface area contributed by atoms with E-state index >= 15 is 0 Å². The summed E-state index contributed by atoms with van der Waals surface area (Å²) in [6.07, 6.45) is 0. The highest BCUT2D eigenvalue weighted by Crippen LogP contribution is 2.44. The molecule has 0 aliphatic carbocycles. The minimum atomic E-state index is -0.230. The highest BCUT2D eigenvalue weighted by molar-refractivity contribution is 5.97. The smallest absolute Gasteiger partial charge is 0.164 e. The van der Waals surface area contributed by atoms with Gasteiger partial charge in [0.1, 0.15) is 0 Å². The van der Waals surface area contributed by atoms with E-state index in [9.17, 15) is 0 Å². The Morgan fingerprint density at radius 3 is 0.833 bits per heavy atom. The van der Waals surface area contributed by atoms with Gasteiger partial charge < -0.3 is 0 Å². The van der Waals surface area contributed by atoms with E-state index in [-0.39, 0.29) is 10.8 Å². The van der Waals surface area contributed by atoms with Crippen LogP contribution >= 0.6 is 0 Å². The van der Waals surface area contributed by atoms with Crippen LogP contribution in [0.3, 0.4) is 0 Å². The van der Waals surface area contributed by atoms with Crippen LogP contribution < -0.4 is 0 Å². The Morgan fingerprint density at radius 2 is 0.556 bits per heavy atom. The summed E-state index contributed by atoms with van der Waals surface area (Å²) in [5.41, 5.74) is 10.1. The zero-order valence-corrected chi connectivity index (χ0v) is 31.7. The SMILES string of the molecule is CC(C)(C)c1nc(-c2ccccc2-c2ccccc2-c2ccccc2-c2ccccc2-c2nc(C(C)(C)C)nn2-c2ccccc2)n(-c2ccccc2)n1. The molecule has 0 saturated carbocycles. The molecule has 0 N–H and O–H groups in total. The van der Waals surface area contributed by atoms with Crippen molar-refractivity contribution in [2.75, 3.05) is 0 Å². The molecule has 6 aromatic carbocycles. The van der Waals surface area contributed by atoms with Gasteiger partial charge in [0.05, 0.1) is 11.4 Å². The summed E-state index contributed by atoms with van der Waals surface area (Å²) in [5.74, 6) is 3.21. The second-order valence-electron chi connectivity index (χ2n) is 15.7. The van der Waals surface area contributed by atoms with Crippen LogP contribution in [-0.2, 0) is 10.8 Å². The Labute approximate surface area is 317 Å². The molecule has 6 nitrogen and oxygen atoms in total. The number of nitrogens with zero attached hydrogens (tertiary/aromatic N) is 6. The van der Waals surface area contributed by atoms with Crippen LogP contribution in [0.15, 0.2) is 158 Å². The Morgan fingerprint density at radius 1 is 0.315 bits per heavy atom. The Hall–Kier alpha value is -6.40. The first-order chi connectivity index (χ1) is 26.1. The first-order valence-corrected chi connectivity index (χ1v) is 18.5. The minimum absolute atomic E-state index is 0.230. The van der Waals surface area contributed by atoms with Crippen molar-refractivity contribution in [3.05, 3.63) is 169 Å². The van der Waals surface area contributed by atoms with E-state index in [4.69, 9.17) is 20.2 Å². The van der Waals surface area contributed by atoms with E-state index in [0.717, 1.165) is 79.2 Å². The maximum atomic E-state index is 5.22. The van der Waals surface area contributed by atoms with Crippen molar-refractivity contribution in [1.29, 1.82) is 0 Å². The third-order valence-corrected chi connectivity index (χ3v) is 9.62. The molecule has 0 aliphatic rings. The maximum Gasteiger partial charge on any atom is 0.164 e. The van der Waals surface area contributed by atoms with E-state index in [1.165, 1.54) is 0 Å². The van der Waals surface area contributed by atoms with Crippen molar-refractivity contribution >= 4 is 0 Å². The summed E-state index contributed by atoms with van der Waals surface area (Å²) < 4.78 is 3.97. The van der Waals surface area contributed by atoms with Crippen LogP contribution in [0.5, 0.6) is 0 Å². The molecule has 266 valence electrons. The standard InChI is InChI=1S/C48H44N6/c1-47(2,3)45-49-43(53(51-45)33-21-9-7-10-22-33)41-31-19-17-29-39(41)37-27-15-13-25-35(37)36-26-14-16-28-38(36)40-30-18-20-32-42(40)44-50-46(48(4,5)6)52-54(44)34-23-11-8-12-24-34/h7-32H,1-6H3. The van der Waals surface area contributed by atoms with E-state index in [0.29, 0.717) is 0 Å². The minimum Gasteiger partial charge on any atom is -0.213 e. The van der Waals surface area contributed by atoms with E-state index in [2.05, 4.69) is 163 Å². The van der Waals surface area contributed by atoms with Crippen molar-refractivity contribution in [2.45, 2.75) is 52.4 Å². The van der Waals surface area contributed by atoms with Crippen LogP contribution in [0.1, 0.15) is 53.2 Å². The molecule has 8 rings (SSSR count).